The number of hydrogen-bond donors (Lipinski definition) is 0. The molecule has 172 valence electrons. The highest BCUT2D eigenvalue weighted by Gasteiger charge is 2.28. The first-order chi connectivity index (χ1) is 16.6. The van der Waals surface area contributed by atoms with Gasteiger partial charge in [-0.05, 0) is 36.4 Å². The van der Waals surface area contributed by atoms with Crippen LogP contribution >= 0.6 is 0 Å². The summed E-state index contributed by atoms with van der Waals surface area (Å²) in [4.78, 5) is 25.1. The van der Waals surface area contributed by atoms with Gasteiger partial charge in [-0.1, -0.05) is 18.2 Å². The van der Waals surface area contributed by atoms with Gasteiger partial charge in [0.15, 0.2) is 5.76 Å². The zero-order valence-electron chi connectivity index (χ0n) is 18.7. The van der Waals surface area contributed by atoms with Crippen LogP contribution in [0.15, 0.2) is 65.0 Å². The minimum Gasteiger partial charge on any atom is -0.479 e. The van der Waals surface area contributed by atoms with Crippen molar-refractivity contribution in [2.75, 3.05) is 7.11 Å². The standard InChI is InChI=1S/C26H22N2O6/c1-3-28-15-16(19-6-4-5-7-21(19)28)12-23-26(30)20-10-8-17(13-22(20)33-23)32-25(29)11-9-18-14-24(31-2)27-34-18/h4-8,10,12-15H,3,9,11H2,1-2H3/b23-12-. The summed E-state index contributed by atoms with van der Waals surface area (Å²) < 4.78 is 23.4. The van der Waals surface area contributed by atoms with Crippen molar-refractivity contribution in [2.45, 2.75) is 26.3 Å². The normalized spacial score (nSPS) is 13.8. The molecular weight excluding hydrogens is 436 g/mol. The van der Waals surface area contributed by atoms with Crippen LogP contribution in [0, 0.1) is 0 Å². The number of para-hydroxylation sites is 1. The molecule has 0 atom stereocenters. The number of esters is 1. The molecule has 0 N–H and O–H groups in total. The zero-order valence-corrected chi connectivity index (χ0v) is 18.7. The van der Waals surface area contributed by atoms with Crippen LogP contribution in [0.1, 0.15) is 35.0 Å². The summed E-state index contributed by atoms with van der Waals surface area (Å²) in [6.45, 7) is 2.89. The molecule has 3 heterocycles. The van der Waals surface area contributed by atoms with E-state index in [9.17, 15) is 9.59 Å². The SMILES string of the molecule is CCn1cc(/C=C2\Oc3cc(OC(=O)CCc4cc(OC)no4)ccc3C2=O)c2ccccc21. The van der Waals surface area contributed by atoms with Gasteiger partial charge in [-0.15, -0.1) is 0 Å². The van der Waals surface area contributed by atoms with E-state index < -0.39 is 5.97 Å². The maximum atomic E-state index is 12.9. The van der Waals surface area contributed by atoms with Gasteiger partial charge in [0.05, 0.1) is 19.1 Å². The van der Waals surface area contributed by atoms with Crippen molar-refractivity contribution in [1.29, 1.82) is 0 Å². The van der Waals surface area contributed by atoms with Crippen LogP contribution in [-0.4, -0.2) is 28.6 Å². The highest BCUT2D eigenvalue weighted by atomic mass is 16.5. The number of aryl methyl sites for hydroxylation is 2. The van der Waals surface area contributed by atoms with Crippen LogP contribution in [0.2, 0.25) is 0 Å². The van der Waals surface area contributed by atoms with Crippen molar-refractivity contribution in [3.63, 3.8) is 0 Å². The van der Waals surface area contributed by atoms with E-state index in [1.54, 1.807) is 30.3 Å². The molecule has 0 saturated carbocycles. The molecule has 1 aliphatic rings. The molecule has 0 bridgehead atoms. The molecule has 0 aliphatic carbocycles. The highest BCUT2D eigenvalue weighted by molar-refractivity contribution is 6.15. The van der Waals surface area contributed by atoms with Gasteiger partial charge < -0.3 is 23.3 Å². The molecule has 5 rings (SSSR count). The first-order valence-electron chi connectivity index (χ1n) is 10.9. The van der Waals surface area contributed by atoms with Gasteiger partial charge in [-0.3, -0.25) is 9.59 Å². The summed E-state index contributed by atoms with van der Waals surface area (Å²) in [7, 11) is 1.49. The van der Waals surface area contributed by atoms with Gasteiger partial charge in [-0.2, -0.15) is 0 Å². The first kappa shape index (κ1) is 21.5. The summed E-state index contributed by atoms with van der Waals surface area (Å²) in [5, 5.41) is 4.74. The smallest absolute Gasteiger partial charge is 0.311 e. The summed E-state index contributed by atoms with van der Waals surface area (Å²) in [6, 6.07) is 14.4. The Bertz CT molecular complexity index is 1430. The molecule has 0 spiro atoms. The molecule has 0 radical (unpaired) electrons. The van der Waals surface area contributed by atoms with Gasteiger partial charge in [0, 0.05) is 47.8 Å². The minimum atomic E-state index is -0.442. The fourth-order valence-corrected chi connectivity index (χ4v) is 3.94. The summed E-state index contributed by atoms with van der Waals surface area (Å²) in [6.07, 6.45) is 4.19. The number of benzene rings is 2. The Morgan fingerprint density at radius 1 is 1.18 bits per heavy atom. The van der Waals surface area contributed by atoms with Crippen molar-refractivity contribution < 1.29 is 28.3 Å². The van der Waals surface area contributed by atoms with Crippen LogP contribution in [0.3, 0.4) is 0 Å². The molecule has 8 nitrogen and oxygen atoms in total. The average molecular weight is 458 g/mol. The fourth-order valence-electron chi connectivity index (χ4n) is 3.94. The van der Waals surface area contributed by atoms with Gasteiger partial charge in [-0.25, -0.2) is 0 Å². The van der Waals surface area contributed by atoms with Crippen molar-refractivity contribution in [3.8, 4) is 17.4 Å². The number of carbonyl (C=O) groups is 2. The molecule has 1 aliphatic heterocycles. The second-order valence-electron chi connectivity index (χ2n) is 7.80. The van der Waals surface area contributed by atoms with Crippen molar-refractivity contribution >= 4 is 28.7 Å². The van der Waals surface area contributed by atoms with E-state index in [1.807, 2.05) is 30.5 Å². The van der Waals surface area contributed by atoms with Gasteiger partial charge >= 0.3 is 5.97 Å². The highest BCUT2D eigenvalue weighted by Crippen LogP contribution is 2.36. The van der Waals surface area contributed by atoms with Crippen molar-refractivity contribution in [1.82, 2.24) is 9.72 Å². The third kappa shape index (κ3) is 4.05. The zero-order chi connectivity index (χ0) is 23.7. The number of hydrogen-bond acceptors (Lipinski definition) is 7. The van der Waals surface area contributed by atoms with Crippen LogP contribution in [0.5, 0.6) is 17.4 Å². The van der Waals surface area contributed by atoms with E-state index in [4.69, 9.17) is 18.7 Å². The Hall–Kier alpha value is -4.33. The minimum absolute atomic E-state index is 0.0991. The number of carbonyl (C=O) groups excluding carboxylic acids is 2. The number of fused-ring (bicyclic) bond motifs is 2. The van der Waals surface area contributed by atoms with E-state index in [0.29, 0.717) is 35.1 Å². The van der Waals surface area contributed by atoms with Crippen LogP contribution in [-0.2, 0) is 17.8 Å². The van der Waals surface area contributed by atoms with Crippen LogP contribution in [0.4, 0.5) is 0 Å². The number of nitrogens with zero attached hydrogens (tertiary/aromatic N) is 2. The number of aromatic nitrogens is 2. The molecule has 2 aromatic heterocycles. The summed E-state index contributed by atoms with van der Waals surface area (Å²) in [5.74, 6) is 1.12. The molecular formula is C26H22N2O6. The summed E-state index contributed by atoms with van der Waals surface area (Å²) >= 11 is 0. The van der Waals surface area contributed by atoms with Crippen LogP contribution < -0.4 is 14.2 Å². The molecule has 0 amide bonds. The quantitative estimate of drug-likeness (QED) is 0.223. The molecule has 2 aromatic carbocycles. The Morgan fingerprint density at radius 2 is 2.03 bits per heavy atom. The maximum Gasteiger partial charge on any atom is 0.311 e. The van der Waals surface area contributed by atoms with Gasteiger partial charge in [0.2, 0.25) is 5.78 Å². The maximum absolute atomic E-state index is 12.9. The monoisotopic (exact) mass is 458 g/mol. The van der Waals surface area contributed by atoms with Crippen LogP contribution in [0.25, 0.3) is 17.0 Å². The van der Waals surface area contributed by atoms with Gasteiger partial charge in [0.1, 0.15) is 17.3 Å². The third-order valence-electron chi connectivity index (χ3n) is 5.64. The Labute approximate surface area is 195 Å². The van der Waals surface area contributed by atoms with E-state index in [2.05, 4.69) is 16.6 Å². The number of Topliss-reactive ketones (excluding diaryl/α,β-unsaturated/α-hetero) is 1. The Kier molecular flexibility index (Phi) is 5.63. The Balaban J connectivity index is 1.30. The number of allylic oxidation sites excluding steroid dienone is 1. The molecule has 0 fully saturated rings. The lowest BCUT2D eigenvalue weighted by atomic mass is 10.1. The fraction of sp³-hybridized carbons (Fsp3) is 0.192. The molecule has 0 saturated heterocycles. The topological polar surface area (TPSA) is 92.8 Å². The Morgan fingerprint density at radius 3 is 2.82 bits per heavy atom. The predicted octanol–water partition coefficient (Wildman–Crippen LogP) is 4.81. The number of methoxy groups -OCH3 is 1. The van der Waals surface area contributed by atoms with E-state index in [-0.39, 0.29) is 18.0 Å². The predicted molar refractivity (Wildman–Crippen MR) is 124 cm³/mol. The average Bonchev–Trinajstić information content (AvgIpc) is 3.54. The molecule has 4 aromatic rings. The lowest BCUT2D eigenvalue weighted by Crippen LogP contribution is -2.08. The third-order valence-corrected chi connectivity index (χ3v) is 5.64. The van der Waals surface area contributed by atoms with E-state index in [0.717, 1.165) is 23.0 Å². The summed E-state index contributed by atoms with van der Waals surface area (Å²) in [5.41, 5.74) is 2.43. The number of rotatable bonds is 7. The lowest BCUT2D eigenvalue weighted by molar-refractivity contribution is -0.134. The largest absolute Gasteiger partial charge is 0.479 e. The lowest BCUT2D eigenvalue weighted by Gasteiger charge is -2.05. The molecule has 8 heteroatoms. The van der Waals surface area contributed by atoms with E-state index in [1.165, 1.54) is 7.11 Å². The van der Waals surface area contributed by atoms with Crippen molar-refractivity contribution in [3.05, 3.63) is 77.4 Å². The molecule has 34 heavy (non-hydrogen) atoms. The van der Waals surface area contributed by atoms with Gasteiger partial charge in [0.25, 0.3) is 5.88 Å². The molecule has 0 unspecified atom stereocenters. The number of ether oxygens (including phenoxy) is 3. The second-order valence-corrected chi connectivity index (χ2v) is 7.80. The second kappa shape index (κ2) is 8.90. The number of ketones is 1. The van der Waals surface area contributed by atoms with E-state index >= 15 is 0 Å². The first-order valence-corrected chi connectivity index (χ1v) is 10.9. The van der Waals surface area contributed by atoms with Crippen molar-refractivity contribution in [2.24, 2.45) is 0 Å².